The van der Waals surface area contributed by atoms with Crippen LogP contribution >= 0.6 is 0 Å². The third-order valence-corrected chi connectivity index (χ3v) is 3.15. The van der Waals surface area contributed by atoms with Gasteiger partial charge in [0.2, 0.25) is 11.9 Å². The molecule has 1 amide bonds. The van der Waals surface area contributed by atoms with Crippen LogP contribution in [0, 0.1) is 12.8 Å². The molecule has 2 aromatic heterocycles. The molecule has 0 fully saturated rings. The number of nitrogen functional groups attached to an aromatic ring is 1. The molecule has 2 heterocycles. The van der Waals surface area contributed by atoms with Crippen LogP contribution in [0.4, 0.5) is 5.95 Å². The second kappa shape index (κ2) is 5.48. The van der Waals surface area contributed by atoms with E-state index in [1.807, 2.05) is 13.0 Å². The van der Waals surface area contributed by atoms with Crippen LogP contribution in [0.1, 0.15) is 32.4 Å². The van der Waals surface area contributed by atoms with E-state index in [1.54, 1.807) is 17.7 Å². The summed E-state index contributed by atoms with van der Waals surface area (Å²) < 4.78 is 1.67. The monoisotopic (exact) mass is 275 g/mol. The van der Waals surface area contributed by atoms with Crippen LogP contribution in [0.5, 0.6) is 0 Å². The molecule has 2 aromatic rings. The number of fused-ring (bicyclic) bond motifs is 1. The number of nitrogens with zero attached hydrogens (tertiary/aromatic N) is 3. The Hall–Kier alpha value is -2.11. The van der Waals surface area contributed by atoms with Crippen molar-refractivity contribution in [3.8, 4) is 0 Å². The first kappa shape index (κ1) is 14.3. The van der Waals surface area contributed by atoms with Gasteiger partial charge in [-0.2, -0.15) is 0 Å². The van der Waals surface area contributed by atoms with Crippen molar-refractivity contribution in [2.45, 2.75) is 33.7 Å². The molecule has 0 aromatic carbocycles. The number of aromatic nitrogens is 3. The highest BCUT2D eigenvalue weighted by Gasteiger charge is 2.21. The maximum Gasteiger partial charge on any atom is 0.242 e. The van der Waals surface area contributed by atoms with E-state index >= 15 is 0 Å². The Morgan fingerprint density at radius 1 is 1.45 bits per heavy atom. The van der Waals surface area contributed by atoms with Crippen LogP contribution in [-0.2, 0) is 4.79 Å². The molecule has 6 heteroatoms. The minimum atomic E-state index is -0.436. The lowest BCUT2D eigenvalue weighted by atomic mass is 10.2. The highest BCUT2D eigenvalue weighted by Crippen LogP contribution is 2.21. The van der Waals surface area contributed by atoms with Crippen molar-refractivity contribution >= 4 is 23.0 Å². The summed E-state index contributed by atoms with van der Waals surface area (Å²) in [5.41, 5.74) is 8.30. The number of carbonyl (C=O) groups is 1. The lowest BCUT2D eigenvalue weighted by Gasteiger charge is -2.16. The van der Waals surface area contributed by atoms with Crippen molar-refractivity contribution in [3.63, 3.8) is 0 Å². The first-order chi connectivity index (χ1) is 9.40. The van der Waals surface area contributed by atoms with Gasteiger partial charge in [-0.25, -0.2) is 9.97 Å². The summed E-state index contributed by atoms with van der Waals surface area (Å²) in [6.45, 7) is 8.49. The van der Waals surface area contributed by atoms with Gasteiger partial charge in [0.25, 0.3) is 0 Å². The number of carbonyl (C=O) groups excluding carboxylic acids is 1. The van der Waals surface area contributed by atoms with Crippen molar-refractivity contribution in [1.82, 2.24) is 19.9 Å². The minimum Gasteiger partial charge on any atom is -0.369 e. The van der Waals surface area contributed by atoms with Crippen LogP contribution in [-0.4, -0.2) is 27.0 Å². The summed E-state index contributed by atoms with van der Waals surface area (Å²) in [5, 5.41) is 2.90. The van der Waals surface area contributed by atoms with Gasteiger partial charge in [0.1, 0.15) is 11.6 Å². The SMILES string of the molecule is Cc1cnc2c(c1)nc(N)n2C(C)C(=O)NCC(C)C. The molecular weight excluding hydrogens is 254 g/mol. The molecule has 108 valence electrons. The number of anilines is 1. The van der Waals surface area contributed by atoms with E-state index in [1.165, 1.54) is 0 Å². The van der Waals surface area contributed by atoms with Gasteiger partial charge in [-0.05, 0) is 31.4 Å². The quantitative estimate of drug-likeness (QED) is 0.888. The van der Waals surface area contributed by atoms with Gasteiger partial charge in [-0.3, -0.25) is 9.36 Å². The summed E-state index contributed by atoms with van der Waals surface area (Å²) in [6.07, 6.45) is 1.75. The maximum absolute atomic E-state index is 12.2. The molecule has 0 bridgehead atoms. The molecule has 0 spiro atoms. The van der Waals surface area contributed by atoms with E-state index in [-0.39, 0.29) is 5.91 Å². The predicted molar refractivity (Wildman–Crippen MR) is 79.2 cm³/mol. The van der Waals surface area contributed by atoms with Crippen molar-refractivity contribution in [3.05, 3.63) is 17.8 Å². The Bertz CT molecular complexity index is 632. The molecule has 0 radical (unpaired) electrons. The number of hydrogen-bond acceptors (Lipinski definition) is 4. The minimum absolute atomic E-state index is 0.0768. The Labute approximate surface area is 118 Å². The average molecular weight is 275 g/mol. The Balaban J connectivity index is 2.32. The van der Waals surface area contributed by atoms with Gasteiger partial charge in [-0.15, -0.1) is 0 Å². The third-order valence-electron chi connectivity index (χ3n) is 3.15. The highest BCUT2D eigenvalue weighted by molar-refractivity contribution is 5.84. The molecular formula is C14H21N5O. The van der Waals surface area contributed by atoms with E-state index in [9.17, 15) is 4.79 Å². The molecule has 1 atom stereocenters. The largest absolute Gasteiger partial charge is 0.369 e. The zero-order chi connectivity index (χ0) is 14.9. The summed E-state index contributed by atoms with van der Waals surface area (Å²) in [7, 11) is 0. The molecule has 0 saturated carbocycles. The zero-order valence-corrected chi connectivity index (χ0v) is 12.3. The fraction of sp³-hybridized carbons (Fsp3) is 0.500. The van der Waals surface area contributed by atoms with E-state index in [2.05, 4.69) is 29.1 Å². The summed E-state index contributed by atoms with van der Waals surface area (Å²) in [4.78, 5) is 20.8. The number of aryl methyl sites for hydroxylation is 1. The number of imidazole rings is 1. The second-order valence-electron chi connectivity index (χ2n) is 5.51. The summed E-state index contributed by atoms with van der Waals surface area (Å²) >= 11 is 0. The van der Waals surface area contributed by atoms with Gasteiger partial charge in [0.15, 0.2) is 5.65 Å². The van der Waals surface area contributed by atoms with Gasteiger partial charge in [0.05, 0.1) is 0 Å². The first-order valence-corrected chi connectivity index (χ1v) is 6.78. The van der Waals surface area contributed by atoms with Crippen LogP contribution < -0.4 is 11.1 Å². The highest BCUT2D eigenvalue weighted by atomic mass is 16.2. The van der Waals surface area contributed by atoms with Crippen molar-refractivity contribution in [2.24, 2.45) is 5.92 Å². The molecule has 1 unspecified atom stereocenters. The van der Waals surface area contributed by atoms with E-state index in [0.717, 1.165) is 5.56 Å². The smallest absolute Gasteiger partial charge is 0.242 e. The van der Waals surface area contributed by atoms with Crippen LogP contribution in [0.25, 0.3) is 11.2 Å². The second-order valence-corrected chi connectivity index (χ2v) is 5.51. The van der Waals surface area contributed by atoms with E-state index < -0.39 is 6.04 Å². The van der Waals surface area contributed by atoms with E-state index in [0.29, 0.717) is 29.6 Å². The van der Waals surface area contributed by atoms with Crippen molar-refractivity contribution < 1.29 is 4.79 Å². The zero-order valence-electron chi connectivity index (χ0n) is 12.3. The first-order valence-electron chi connectivity index (χ1n) is 6.78. The van der Waals surface area contributed by atoms with E-state index in [4.69, 9.17) is 5.73 Å². The van der Waals surface area contributed by atoms with Gasteiger partial charge < -0.3 is 11.1 Å². The fourth-order valence-corrected chi connectivity index (χ4v) is 2.05. The Morgan fingerprint density at radius 2 is 2.15 bits per heavy atom. The Kier molecular flexibility index (Phi) is 3.92. The topological polar surface area (TPSA) is 85.8 Å². The number of amides is 1. The average Bonchev–Trinajstić information content (AvgIpc) is 2.69. The number of nitrogens with one attached hydrogen (secondary N) is 1. The number of rotatable bonds is 4. The summed E-state index contributed by atoms with van der Waals surface area (Å²) in [5.74, 6) is 0.640. The number of hydrogen-bond donors (Lipinski definition) is 2. The lowest BCUT2D eigenvalue weighted by molar-refractivity contribution is -0.123. The molecule has 0 aliphatic carbocycles. The summed E-state index contributed by atoms with van der Waals surface area (Å²) in [6, 6.07) is 1.47. The molecule has 0 saturated heterocycles. The van der Waals surface area contributed by atoms with Crippen LogP contribution in [0.3, 0.4) is 0 Å². The number of nitrogens with two attached hydrogens (primary N) is 1. The molecule has 20 heavy (non-hydrogen) atoms. The standard InChI is InChI=1S/C14H21N5O/c1-8(2)6-17-13(20)10(4)19-12-11(18-14(19)15)5-9(3)7-16-12/h5,7-8,10H,6H2,1-4H3,(H2,15,18)(H,17,20). The molecule has 0 aliphatic heterocycles. The van der Waals surface area contributed by atoms with Gasteiger partial charge >= 0.3 is 0 Å². The van der Waals surface area contributed by atoms with Crippen LogP contribution in [0.15, 0.2) is 12.3 Å². The molecule has 6 nitrogen and oxygen atoms in total. The van der Waals surface area contributed by atoms with Gasteiger partial charge in [-0.1, -0.05) is 13.8 Å². The molecule has 2 rings (SSSR count). The third kappa shape index (κ3) is 2.74. The fourth-order valence-electron chi connectivity index (χ4n) is 2.05. The molecule has 0 aliphatic rings. The lowest BCUT2D eigenvalue weighted by Crippen LogP contribution is -2.33. The van der Waals surface area contributed by atoms with Crippen molar-refractivity contribution in [2.75, 3.05) is 12.3 Å². The predicted octanol–water partition coefficient (Wildman–Crippen LogP) is 1.66. The van der Waals surface area contributed by atoms with Gasteiger partial charge in [0, 0.05) is 12.7 Å². The number of pyridine rings is 1. The molecule has 3 N–H and O–H groups in total. The maximum atomic E-state index is 12.2. The Morgan fingerprint density at radius 3 is 2.80 bits per heavy atom. The normalized spacial score (nSPS) is 12.8. The van der Waals surface area contributed by atoms with Crippen LogP contribution in [0.2, 0.25) is 0 Å². The van der Waals surface area contributed by atoms with Crippen molar-refractivity contribution in [1.29, 1.82) is 0 Å².